The van der Waals surface area contributed by atoms with Gasteiger partial charge in [0.2, 0.25) is 5.91 Å². The Labute approximate surface area is 141 Å². The third-order valence-corrected chi connectivity index (χ3v) is 3.67. The first-order chi connectivity index (χ1) is 11.9. The maximum Gasteiger partial charge on any atom is 0.294 e. The van der Waals surface area contributed by atoms with E-state index in [0.29, 0.717) is 0 Å². The van der Waals surface area contributed by atoms with Crippen molar-refractivity contribution in [3.8, 4) is 5.69 Å². The average molecular weight is 342 g/mol. The monoisotopic (exact) mass is 342 g/mol. The van der Waals surface area contributed by atoms with Crippen LogP contribution in [-0.2, 0) is 11.3 Å². The highest BCUT2D eigenvalue weighted by molar-refractivity contribution is 5.78. The molecule has 3 aromatic rings. The first kappa shape index (κ1) is 16.3. The number of likely N-dealkylation sites (N-methyl/N-ethyl adjacent to an activating group) is 1. The molecular weight excluding hydrogens is 328 g/mol. The molecular formula is C15H14N6O4. The largest absolute Gasteiger partial charge is 0.347 e. The van der Waals surface area contributed by atoms with Gasteiger partial charge in [-0.15, -0.1) is 0 Å². The fourth-order valence-electron chi connectivity index (χ4n) is 2.32. The Balaban J connectivity index is 2.13. The molecule has 0 saturated carbocycles. The lowest BCUT2D eigenvalue weighted by Crippen LogP contribution is -2.31. The van der Waals surface area contributed by atoms with Crippen LogP contribution in [0.25, 0.3) is 16.7 Å². The second-order valence-corrected chi connectivity index (χ2v) is 5.51. The molecule has 0 aliphatic heterocycles. The summed E-state index contributed by atoms with van der Waals surface area (Å²) in [6, 6.07) is 6.04. The SMILES string of the molecule is CN(C)C(=O)Cn1cnc2c(cnn2-c2ccccc2[N+](=O)[O-])c1=O. The van der Waals surface area contributed by atoms with Gasteiger partial charge in [0, 0.05) is 20.2 Å². The molecule has 0 aliphatic rings. The molecule has 1 aromatic carbocycles. The number of hydrogen-bond acceptors (Lipinski definition) is 6. The van der Waals surface area contributed by atoms with E-state index in [1.165, 1.54) is 38.8 Å². The second kappa shape index (κ2) is 6.15. The number of nitrogens with zero attached hydrogens (tertiary/aromatic N) is 6. The van der Waals surface area contributed by atoms with Crippen LogP contribution in [0.15, 0.2) is 41.6 Å². The highest BCUT2D eigenvalue weighted by Gasteiger charge is 2.19. The molecule has 0 unspecified atom stereocenters. The zero-order valence-electron chi connectivity index (χ0n) is 13.5. The van der Waals surface area contributed by atoms with Gasteiger partial charge in [-0.05, 0) is 6.07 Å². The molecule has 128 valence electrons. The van der Waals surface area contributed by atoms with Gasteiger partial charge in [-0.25, -0.2) is 9.67 Å². The number of rotatable bonds is 4. The predicted octanol–water partition coefficient (Wildman–Crippen LogP) is 0.579. The molecule has 3 rings (SSSR count). The lowest BCUT2D eigenvalue weighted by Gasteiger charge is -2.11. The van der Waals surface area contributed by atoms with Crippen LogP contribution in [0.5, 0.6) is 0 Å². The maximum absolute atomic E-state index is 12.5. The van der Waals surface area contributed by atoms with Crippen LogP contribution < -0.4 is 5.56 Å². The van der Waals surface area contributed by atoms with Gasteiger partial charge < -0.3 is 4.90 Å². The summed E-state index contributed by atoms with van der Waals surface area (Å²) in [5.41, 5.74) is -0.198. The summed E-state index contributed by atoms with van der Waals surface area (Å²) in [7, 11) is 3.18. The summed E-state index contributed by atoms with van der Waals surface area (Å²) < 4.78 is 2.42. The van der Waals surface area contributed by atoms with E-state index in [-0.39, 0.29) is 34.9 Å². The molecule has 25 heavy (non-hydrogen) atoms. The quantitative estimate of drug-likeness (QED) is 0.506. The van der Waals surface area contributed by atoms with Crippen LogP contribution in [-0.4, -0.2) is 49.2 Å². The van der Waals surface area contributed by atoms with E-state index in [1.807, 2.05) is 0 Å². The van der Waals surface area contributed by atoms with Crippen LogP contribution in [0.2, 0.25) is 0 Å². The number of carbonyl (C=O) groups is 1. The number of hydrogen-bond donors (Lipinski definition) is 0. The number of fused-ring (bicyclic) bond motifs is 1. The minimum atomic E-state index is -0.528. The van der Waals surface area contributed by atoms with E-state index in [9.17, 15) is 19.7 Å². The normalized spacial score (nSPS) is 10.8. The van der Waals surface area contributed by atoms with Crippen LogP contribution in [0.3, 0.4) is 0 Å². The third kappa shape index (κ3) is 2.84. The zero-order valence-corrected chi connectivity index (χ0v) is 13.5. The molecule has 0 radical (unpaired) electrons. The lowest BCUT2D eigenvalue weighted by molar-refractivity contribution is -0.384. The van der Waals surface area contributed by atoms with Gasteiger partial charge in [-0.1, -0.05) is 12.1 Å². The van der Waals surface area contributed by atoms with E-state index in [1.54, 1.807) is 26.2 Å². The summed E-state index contributed by atoms with van der Waals surface area (Å²) in [5, 5.41) is 15.4. The fourth-order valence-corrected chi connectivity index (χ4v) is 2.32. The van der Waals surface area contributed by atoms with Crippen LogP contribution in [0, 0.1) is 10.1 Å². The van der Waals surface area contributed by atoms with Crippen molar-refractivity contribution < 1.29 is 9.72 Å². The van der Waals surface area contributed by atoms with Crippen LogP contribution >= 0.6 is 0 Å². The van der Waals surface area contributed by atoms with Crippen LogP contribution in [0.4, 0.5) is 5.69 Å². The average Bonchev–Trinajstić information content (AvgIpc) is 3.01. The predicted molar refractivity (Wildman–Crippen MR) is 88.5 cm³/mol. The number of benzene rings is 1. The smallest absolute Gasteiger partial charge is 0.294 e. The standard InChI is InChI=1S/C15H14N6O4/c1-18(2)13(22)8-19-9-16-14-10(15(19)23)7-17-20(14)11-5-3-4-6-12(11)21(24)25/h3-7,9H,8H2,1-2H3. The number of para-hydroxylation sites is 2. The minimum absolute atomic E-state index is 0.147. The molecule has 2 aromatic heterocycles. The molecule has 0 bridgehead atoms. The fraction of sp³-hybridized carbons (Fsp3) is 0.200. The Kier molecular flexibility index (Phi) is 4.01. The van der Waals surface area contributed by atoms with Crippen molar-refractivity contribution >= 4 is 22.6 Å². The van der Waals surface area contributed by atoms with E-state index in [2.05, 4.69) is 10.1 Å². The highest BCUT2D eigenvalue weighted by atomic mass is 16.6. The molecule has 1 amide bonds. The van der Waals surface area contributed by atoms with Gasteiger partial charge in [0.1, 0.15) is 23.9 Å². The second-order valence-electron chi connectivity index (χ2n) is 5.51. The topological polar surface area (TPSA) is 116 Å². The van der Waals surface area contributed by atoms with Crippen molar-refractivity contribution in [2.45, 2.75) is 6.54 Å². The van der Waals surface area contributed by atoms with Gasteiger partial charge in [0.05, 0.1) is 11.1 Å². The van der Waals surface area contributed by atoms with E-state index in [0.717, 1.165) is 0 Å². The number of amides is 1. The van der Waals surface area contributed by atoms with E-state index >= 15 is 0 Å². The first-order valence-corrected chi connectivity index (χ1v) is 7.27. The van der Waals surface area contributed by atoms with Gasteiger partial charge in [0.15, 0.2) is 5.65 Å². The van der Waals surface area contributed by atoms with Crippen molar-refractivity contribution in [2.24, 2.45) is 0 Å². The van der Waals surface area contributed by atoms with Crippen molar-refractivity contribution in [3.63, 3.8) is 0 Å². The molecule has 0 saturated heterocycles. The minimum Gasteiger partial charge on any atom is -0.347 e. The Morgan fingerprint density at radius 1 is 1.32 bits per heavy atom. The molecule has 0 N–H and O–H groups in total. The number of nitro groups is 1. The number of carbonyl (C=O) groups excluding carboxylic acids is 1. The Morgan fingerprint density at radius 3 is 2.72 bits per heavy atom. The third-order valence-electron chi connectivity index (χ3n) is 3.67. The van der Waals surface area contributed by atoms with Crippen molar-refractivity contribution in [2.75, 3.05) is 14.1 Å². The molecule has 0 atom stereocenters. The molecule has 0 aliphatic carbocycles. The van der Waals surface area contributed by atoms with E-state index < -0.39 is 10.5 Å². The maximum atomic E-state index is 12.5. The Hall–Kier alpha value is -3.56. The van der Waals surface area contributed by atoms with Gasteiger partial charge in [-0.3, -0.25) is 24.3 Å². The van der Waals surface area contributed by atoms with Gasteiger partial charge in [0.25, 0.3) is 11.2 Å². The van der Waals surface area contributed by atoms with Gasteiger partial charge in [-0.2, -0.15) is 5.10 Å². The Morgan fingerprint density at radius 2 is 2.04 bits per heavy atom. The van der Waals surface area contributed by atoms with Crippen molar-refractivity contribution in [3.05, 3.63) is 57.3 Å². The van der Waals surface area contributed by atoms with Crippen LogP contribution in [0.1, 0.15) is 0 Å². The summed E-state index contributed by atoms with van der Waals surface area (Å²) in [6.07, 6.45) is 2.52. The Bertz CT molecular complexity index is 1040. The zero-order chi connectivity index (χ0) is 18.1. The summed E-state index contributed by atoms with van der Waals surface area (Å²) in [5.74, 6) is -0.255. The first-order valence-electron chi connectivity index (χ1n) is 7.27. The molecule has 0 fully saturated rings. The summed E-state index contributed by atoms with van der Waals surface area (Å²) >= 11 is 0. The van der Waals surface area contributed by atoms with Crippen molar-refractivity contribution in [1.82, 2.24) is 24.2 Å². The molecule has 0 spiro atoms. The number of nitro benzene ring substituents is 1. The number of aromatic nitrogens is 4. The summed E-state index contributed by atoms with van der Waals surface area (Å²) in [4.78, 5) is 40.5. The van der Waals surface area contributed by atoms with Gasteiger partial charge >= 0.3 is 0 Å². The summed E-state index contributed by atoms with van der Waals surface area (Å²) in [6.45, 7) is -0.147. The molecule has 2 heterocycles. The van der Waals surface area contributed by atoms with E-state index in [4.69, 9.17) is 0 Å². The highest BCUT2D eigenvalue weighted by Crippen LogP contribution is 2.23. The lowest BCUT2D eigenvalue weighted by atomic mass is 10.2. The molecule has 10 heteroatoms. The van der Waals surface area contributed by atoms with Crippen molar-refractivity contribution in [1.29, 1.82) is 0 Å². The molecule has 10 nitrogen and oxygen atoms in total.